The highest BCUT2D eigenvalue weighted by Gasteiger charge is 2.12. The first-order chi connectivity index (χ1) is 14.0. The molecule has 9 nitrogen and oxygen atoms in total. The number of anilines is 1. The van der Waals surface area contributed by atoms with Gasteiger partial charge in [-0.25, -0.2) is 9.67 Å². The number of carbonyl (C=O) groups excluding carboxylic acids is 2. The Balaban J connectivity index is 1.47. The van der Waals surface area contributed by atoms with Crippen LogP contribution in [0, 0.1) is 0 Å². The molecule has 2 amide bonds. The molecule has 0 atom stereocenters. The van der Waals surface area contributed by atoms with E-state index in [4.69, 9.17) is 10.5 Å². The monoisotopic (exact) mass is 388 g/mol. The normalized spacial score (nSPS) is 10.7. The minimum atomic E-state index is -0.571. The van der Waals surface area contributed by atoms with E-state index in [1.54, 1.807) is 61.6 Å². The molecule has 2 aromatic carbocycles. The smallest absolute Gasteiger partial charge is 0.257 e. The Hall–Kier alpha value is -4.27. The van der Waals surface area contributed by atoms with Crippen LogP contribution >= 0.6 is 0 Å². The summed E-state index contributed by atoms with van der Waals surface area (Å²) in [7, 11) is 1.73. The largest absolute Gasteiger partial charge is 0.457 e. The third-order valence-corrected chi connectivity index (χ3v) is 4.20. The number of amides is 2. The predicted octanol–water partition coefficient (Wildman–Crippen LogP) is 2.51. The second kappa shape index (κ2) is 7.39. The summed E-state index contributed by atoms with van der Waals surface area (Å²) < 4.78 is 7.26. The highest BCUT2D eigenvalue weighted by Crippen LogP contribution is 2.26. The molecule has 0 spiro atoms. The summed E-state index contributed by atoms with van der Waals surface area (Å²) in [5, 5.41) is 10.6. The van der Waals surface area contributed by atoms with Crippen molar-refractivity contribution in [1.82, 2.24) is 20.0 Å². The minimum Gasteiger partial charge on any atom is -0.457 e. The molecule has 0 saturated heterocycles. The lowest BCUT2D eigenvalue weighted by atomic mass is 10.2. The van der Waals surface area contributed by atoms with Crippen LogP contribution in [0.1, 0.15) is 20.7 Å². The Kier molecular flexibility index (Phi) is 4.62. The van der Waals surface area contributed by atoms with Gasteiger partial charge in [0.1, 0.15) is 17.0 Å². The van der Waals surface area contributed by atoms with Crippen molar-refractivity contribution in [2.45, 2.75) is 0 Å². The molecule has 2 heterocycles. The van der Waals surface area contributed by atoms with Crippen LogP contribution in [-0.4, -0.2) is 31.8 Å². The summed E-state index contributed by atoms with van der Waals surface area (Å²) in [6.07, 6.45) is 1.47. The fourth-order valence-corrected chi connectivity index (χ4v) is 2.75. The molecule has 0 aliphatic heterocycles. The zero-order valence-electron chi connectivity index (χ0n) is 15.4. The lowest BCUT2D eigenvalue weighted by molar-refractivity contribution is 0.0995. The summed E-state index contributed by atoms with van der Waals surface area (Å²) in [5.41, 5.74) is 7.72. The fourth-order valence-electron chi connectivity index (χ4n) is 2.75. The van der Waals surface area contributed by atoms with E-state index < -0.39 is 5.91 Å². The summed E-state index contributed by atoms with van der Waals surface area (Å²) >= 11 is 0. The van der Waals surface area contributed by atoms with Crippen LogP contribution in [0.4, 0.5) is 5.69 Å². The van der Waals surface area contributed by atoms with Gasteiger partial charge in [-0.2, -0.15) is 0 Å². The molecule has 0 aliphatic rings. The standard InChI is InChI=1S/C20H16N6O3/c1-26-19-16(24-25-26)10-12(11-22-19)20(28)23-13-6-8-14(9-7-13)29-17-5-3-2-4-15(17)18(21)27/h2-11H,1H3,(H2,21,27)(H,23,28). The maximum absolute atomic E-state index is 12.5. The number of aromatic nitrogens is 4. The zero-order chi connectivity index (χ0) is 20.4. The lowest BCUT2D eigenvalue weighted by Gasteiger charge is -2.10. The van der Waals surface area contributed by atoms with Crippen molar-refractivity contribution in [2.24, 2.45) is 12.8 Å². The van der Waals surface area contributed by atoms with Gasteiger partial charge in [0.25, 0.3) is 11.8 Å². The van der Waals surface area contributed by atoms with Crippen LogP contribution in [0.15, 0.2) is 60.8 Å². The minimum absolute atomic E-state index is 0.289. The highest BCUT2D eigenvalue weighted by molar-refractivity contribution is 6.05. The Bertz CT molecular complexity index is 1220. The van der Waals surface area contributed by atoms with Crippen LogP contribution in [0.25, 0.3) is 11.2 Å². The quantitative estimate of drug-likeness (QED) is 0.541. The number of nitrogens with two attached hydrogens (primary N) is 1. The molecule has 0 unspecified atom stereocenters. The van der Waals surface area contributed by atoms with Crippen molar-refractivity contribution in [3.05, 3.63) is 71.9 Å². The van der Waals surface area contributed by atoms with E-state index in [1.807, 2.05) is 0 Å². The third-order valence-electron chi connectivity index (χ3n) is 4.20. The van der Waals surface area contributed by atoms with E-state index in [-0.39, 0.29) is 11.5 Å². The Labute approximate surface area is 165 Å². The number of nitrogens with one attached hydrogen (secondary N) is 1. The third kappa shape index (κ3) is 3.74. The summed E-state index contributed by atoms with van der Waals surface area (Å²) in [5.74, 6) is -0.0320. The van der Waals surface area contributed by atoms with Crippen molar-refractivity contribution in [1.29, 1.82) is 0 Å². The molecule has 4 aromatic rings. The molecular formula is C20H16N6O3. The van der Waals surface area contributed by atoms with Crippen LogP contribution in [0.3, 0.4) is 0 Å². The van der Waals surface area contributed by atoms with Gasteiger partial charge in [0, 0.05) is 18.9 Å². The van der Waals surface area contributed by atoms with Gasteiger partial charge in [-0.1, -0.05) is 17.3 Å². The van der Waals surface area contributed by atoms with Crippen LogP contribution in [0.2, 0.25) is 0 Å². The van der Waals surface area contributed by atoms with E-state index in [0.29, 0.717) is 33.9 Å². The van der Waals surface area contributed by atoms with Gasteiger partial charge in [0.2, 0.25) is 0 Å². The number of fused-ring (bicyclic) bond motifs is 1. The Morgan fingerprint density at radius 3 is 2.62 bits per heavy atom. The number of pyridine rings is 1. The van der Waals surface area contributed by atoms with Crippen LogP contribution < -0.4 is 15.8 Å². The fraction of sp³-hybridized carbons (Fsp3) is 0.0500. The van der Waals surface area contributed by atoms with Crippen molar-refractivity contribution >= 4 is 28.7 Å². The van der Waals surface area contributed by atoms with Gasteiger partial charge in [0.05, 0.1) is 11.1 Å². The van der Waals surface area contributed by atoms with E-state index in [2.05, 4.69) is 20.6 Å². The number of benzene rings is 2. The number of rotatable bonds is 5. The molecule has 29 heavy (non-hydrogen) atoms. The van der Waals surface area contributed by atoms with Gasteiger partial charge < -0.3 is 15.8 Å². The number of nitrogens with zero attached hydrogens (tertiary/aromatic N) is 4. The first kappa shape index (κ1) is 18.1. The number of hydrogen-bond donors (Lipinski definition) is 2. The summed E-state index contributed by atoms with van der Waals surface area (Å²) in [4.78, 5) is 28.2. The maximum atomic E-state index is 12.5. The first-order valence-electron chi connectivity index (χ1n) is 8.65. The Morgan fingerprint density at radius 1 is 1.10 bits per heavy atom. The molecule has 0 bridgehead atoms. The average Bonchev–Trinajstić information content (AvgIpc) is 3.10. The zero-order valence-corrected chi connectivity index (χ0v) is 15.4. The first-order valence-corrected chi connectivity index (χ1v) is 8.65. The summed E-state index contributed by atoms with van der Waals surface area (Å²) in [6.45, 7) is 0. The molecule has 2 aromatic heterocycles. The number of primary amides is 1. The van der Waals surface area contributed by atoms with E-state index in [1.165, 1.54) is 10.9 Å². The molecule has 0 fully saturated rings. The van der Waals surface area contributed by atoms with Gasteiger partial charge in [-0.3, -0.25) is 9.59 Å². The summed E-state index contributed by atoms with van der Waals surface area (Å²) in [6, 6.07) is 15.1. The van der Waals surface area contributed by atoms with E-state index in [0.717, 1.165) is 0 Å². The maximum Gasteiger partial charge on any atom is 0.257 e. The molecule has 144 valence electrons. The van der Waals surface area contributed by atoms with Gasteiger partial charge in [-0.15, -0.1) is 5.10 Å². The number of ether oxygens (including phenoxy) is 1. The van der Waals surface area contributed by atoms with Crippen LogP contribution in [-0.2, 0) is 7.05 Å². The second-order valence-corrected chi connectivity index (χ2v) is 6.22. The number of hydrogen-bond acceptors (Lipinski definition) is 6. The molecule has 0 saturated carbocycles. The van der Waals surface area contributed by atoms with Crippen molar-refractivity contribution in [3.8, 4) is 11.5 Å². The number of para-hydroxylation sites is 1. The van der Waals surface area contributed by atoms with Crippen molar-refractivity contribution < 1.29 is 14.3 Å². The van der Waals surface area contributed by atoms with Crippen molar-refractivity contribution in [3.63, 3.8) is 0 Å². The number of carbonyl (C=O) groups is 2. The second-order valence-electron chi connectivity index (χ2n) is 6.22. The predicted molar refractivity (Wildman–Crippen MR) is 106 cm³/mol. The van der Waals surface area contributed by atoms with Gasteiger partial charge in [0.15, 0.2) is 5.65 Å². The molecule has 9 heteroatoms. The molecule has 3 N–H and O–H groups in total. The molecular weight excluding hydrogens is 372 g/mol. The average molecular weight is 388 g/mol. The van der Waals surface area contributed by atoms with E-state index >= 15 is 0 Å². The van der Waals surface area contributed by atoms with Crippen LogP contribution in [0.5, 0.6) is 11.5 Å². The van der Waals surface area contributed by atoms with Gasteiger partial charge >= 0.3 is 0 Å². The lowest BCUT2D eigenvalue weighted by Crippen LogP contribution is -2.12. The molecule has 0 aliphatic carbocycles. The topological polar surface area (TPSA) is 125 Å². The Morgan fingerprint density at radius 2 is 1.86 bits per heavy atom. The molecule has 4 rings (SSSR count). The van der Waals surface area contributed by atoms with Gasteiger partial charge in [-0.05, 0) is 42.5 Å². The SMILES string of the molecule is Cn1nnc2cc(C(=O)Nc3ccc(Oc4ccccc4C(N)=O)cc3)cnc21. The molecule has 0 radical (unpaired) electrons. The highest BCUT2D eigenvalue weighted by atomic mass is 16.5. The number of aryl methyl sites for hydroxylation is 1. The van der Waals surface area contributed by atoms with E-state index in [9.17, 15) is 9.59 Å². The van der Waals surface area contributed by atoms with Crippen molar-refractivity contribution in [2.75, 3.05) is 5.32 Å².